The van der Waals surface area contributed by atoms with Crippen LogP contribution in [0.5, 0.6) is 0 Å². The smallest absolute Gasteiger partial charge is 0.237 e. The lowest BCUT2D eigenvalue weighted by atomic mass is 9.93. The van der Waals surface area contributed by atoms with Gasteiger partial charge in [-0.05, 0) is 53.0 Å². The predicted octanol–water partition coefficient (Wildman–Crippen LogP) is 0.698. The van der Waals surface area contributed by atoms with E-state index in [9.17, 15) is 4.79 Å². The van der Waals surface area contributed by atoms with Gasteiger partial charge in [0.15, 0.2) is 0 Å². The second kappa shape index (κ2) is 4.72. The van der Waals surface area contributed by atoms with E-state index < -0.39 is 11.4 Å². The minimum Gasteiger partial charge on any atom is -0.368 e. The average molecular weight is 227 g/mol. The number of nitrogens with zero attached hydrogens (tertiary/aromatic N) is 1. The molecule has 3 unspecified atom stereocenters. The monoisotopic (exact) mass is 227 g/mol. The van der Waals surface area contributed by atoms with Gasteiger partial charge in [0.2, 0.25) is 5.91 Å². The zero-order valence-electron chi connectivity index (χ0n) is 10.9. The maximum absolute atomic E-state index is 11.2. The summed E-state index contributed by atoms with van der Waals surface area (Å²) in [5.74, 6) is 0.400. The highest BCUT2D eigenvalue weighted by Crippen LogP contribution is 2.35. The van der Waals surface area contributed by atoms with E-state index in [0.717, 1.165) is 5.92 Å². The van der Waals surface area contributed by atoms with Gasteiger partial charge in [-0.2, -0.15) is 0 Å². The highest BCUT2D eigenvalue weighted by Gasteiger charge is 2.35. The molecule has 4 N–H and O–H groups in total. The van der Waals surface area contributed by atoms with Gasteiger partial charge >= 0.3 is 0 Å². The Hall–Kier alpha value is -0.610. The molecular formula is C12H25N3O. The van der Waals surface area contributed by atoms with Gasteiger partial charge in [-0.15, -0.1) is 0 Å². The Labute approximate surface area is 98.3 Å². The van der Waals surface area contributed by atoms with Crippen molar-refractivity contribution in [3.8, 4) is 0 Å². The Kier molecular flexibility index (Phi) is 3.97. The standard InChI is InChI=1S/C12H25N3O/c1-8(7-12(3,14)11(13)16)15(4)9(2)10-5-6-10/h8-10H,5-7,14H2,1-4H3,(H2,13,16). The third-order valence-corrected chi connectivity index (χ3v) is 3.92. The molecule has 0 radical (unpaired) electrons. The molecule has 0 bridgehead atoms. The number of hydrogen-bond acceptors (Lipinski definition) is 3. The lowest BCUT2D eigenvalue weighted by molar-refractivity contribution is -0.123. The van der Waals surface area contributed by atoms with Gasteiger partial charge in [0, 0.05) is 12.1 Å². The van der Waals surface area contributed by atoms with Crippen LogP contribution >= 0.6 is 0 Å². The molecule has 16 heavy (non-hydrogen) atoms. The van der Waals surface area contributed by atoms with Crippen molar-refractivity contribution in [2.75, 3.05) is 7.05 Å². The summed E-state index contributed by atoms with van der Waals surface area (Å²) in [4.78, 5) is 13.5. The summed E-state index contributed by atoms with van der Waals surface area (Å²) in [5.41, 5.74) is 10.3. The molecule has 0 aliphatic heterocycles. The number of carbonyl (C=O) groups is 1. The Balaban J connectivity index is 2.50. The fourth-order valence-electron chi connectivity index (χ4n) is 2.17. The second-order valence-corrected chi connectivity index (χ2v) is 5.58. The molecule has 94 valence electrons. The molecular weight excluding hydrogens is 202 g/mol. The van der Waals surface area contributed by atoms with Crippen molar-refractivity contribution in [1.29, 1.82) is 0 Å². The van der Waals surface area contributed by atoms with Crippen LogP contribution in [0.3, 0.4) is 0 Å². The lowest BCUT2D eigenvalue weighted by Gasteiger charge is -2.34. The van der Waals surface area contributed by atoms with Crippen LogP contribution in [0, 0.1) is 5.92 Å². The van der Waals surface area contributed by atoms with Crippen LogP contribution < -0.4 is 11.5 Å². The quantitative estimate of drug-likeness (QED) is 0.701. The van der Waals surface area contributed by atoms with Gasteiger partial charge in [0.1, 0.15) is 0 Å². The SMILES string of the molecule is CC(CC(C)(N)C(N)=O)N(C)C(C)C1CC1. The van der Waals surface area contributed by atoms with Crippen molar-refractivity contribution in [3.05, 3.63) is 0 Å². The van der Waals surface area contributed by atoms with E-state index in [2.05, 4.69) is 25.8 Å². The highest BCUT2D eigenvalue weighted by molar-refractivity contribution is 5.83. The molecule has 1 saturated carbocycles. The van der Waals surface area contributed by atoms with Gasteiger partial charge in [-0.25, -0.2) is 0 Å². The molecule has 3 atom stereocenters. The van der Waals surface area contributed by atoms with E-state index in [1.54, 1.807) is 6.92 Å². The Morgan fingerprint density at radius 2 is 2.00 bits per heavy atom. The van der Waals surface area contributed by atoms with E-state index in [1.807, 2.05) is 0 Å². The van der Waals surface area contributed by atoms with Crippen LogP contribution in [0.1, 0.15) is 40.0 Å². The molecule has 0 spiro atoms. The van der Waals surface area contributed by atoms with Crippen molar-refractivity contribution < 1.29 is 4.79 Å². The summed E-state index contributed by atoms with van der Waals surface area (Å²) in [6.45, 7) is 6.06. The van der Waals surface area contributed by atoms with E-state index in [-0.39, 0.29) is 6.04 Å². The van der Waals surface area contributed by atoms with Crippen molar-refractivity contribution in [3.63, 3.8) is 0 Å². The summed E-state index contributed by atoms with van der Waals surface area (Å²) < 4.78 is 0. The summed E-state index contributed by atoms with van der Waals surface area (Å²) in [7, 11) is 2.10. The third-order valence-electron chi connectivity index (χ3n) is 3.92. The zero-order chi connectivity index (χ0) is 12.5. The molecule has 1 rings (SSSR count). The van der Waals surface area contributed by atoms with Gasteiger partial charge in [0.05, 0.1) is 5.54 Å². The predicted molar refractivity (Wildman–Crippen MR) is 65.8 cm³/mol. The summed E-state index contributed by atoms with van der Waals surface area (Å²) in [6.07, 6.45) is 3.26. The molecule has 0 aromatic rings. The number of amides is 1. The van der Waals surface area contributed by atoms with Crippen molar-refractivity contribution in [2.24, 2.45) is 17.4 Å². The fourth-order valence-corrected chi connectivity index (χ4v) is 2.17. The molecule has 0 saturated heterocycles. The van der Waals surface area contributed by atoms with Gasteiger partial charge in [-0.1, -0.05) is 0 Å². The normalized spacial score (nSPS) is 23.9. The van der Waals surface area contributed by atoms with Crippen molar-refractivity contribution in [2.45, 2.75) is 57.7 Å². The molecule has 1 aliphatic carbocycles. The summed E-state index contributed by atoms with van der Waals surface area (Å²) in [6, 6.07) is 0.844. The highest BCUT2D eigenvalue weighted by atomic mass is 16.1. The fraction of sp³-hybridized carbons (Fsp3) is 0.917. The lowest BCUT2D eigenvalue weighted by Crippen LogP contribution is -2.53. The molecule has 1 aliphatic rings. The van der Waals surface area contributed by atoms with Crippen LogP contribution in [-0.2, 0) is 4.79 Å². The van der Waals surface area contributed by atoms with Crippen LogP contribution in [0.4, 0.5) is 0 Å². The molecule has 1 fully saturated rings. The van der Waals surface area contributed by atoms with E-state index >= 15 is 0 Å². The largest absolute Gasteiger partial charge is 0.368 e. The summed E-state index contributed by atoms with van der Waals surface area (Å²) in [5, 5.41) is 0. The number of carbonyl (C=O) groups excluding carboxylic acids is 1. The topological polar surface area (TPSA) is 72.3 Å². The van der Waals surface area contributed by atoms with Gasteiger partial charge in [-0.3, -0.25) is 4.79 Å². The minimum absolute atomic E-state index is 0.276. The van der Waals surface area contributed by atoms with E-state index in [0.29, 0.717) is 12.5 Å². The van der Waals surface area contributed by atoms with E-state index in [1.165, 1.54) is 12.8 Å². The second-order valence-electron chi connectivity index (χ2n) is 5.58. The molecule has 0 aromatic carbocycles. The number of primary amides is 1. The zero-order valence-corrected chi connectivity index (χ0v) is 10.9. The van der Waals surface area contributed by atoms with Crippen LogP contribution in [-0.4, -0.2) is 35.5 Å². The van der Waals surface area contributed by atoms with Crippen LogP contribution in [0.25, 0.3) is 0 Å². The number of rotatable bonds is 6. The van der Waals surface area contributed by atoms with Crippen molar-refractivity contribution >= 4 is 5.91 Å². The maximum Gasteiger partial charge on any atom is 0.237 e. The third kappa shape index (κ3) is 3.19. The van der Waals surface area contributed by atoms with Crippen LogP contribution in [0.2, 0.25) is 0 Å². The van der Waals surface area contributed by atoms with E-state index in [4.69, 9.17) is 11.5 Å². The van der Waals surface area contributed by atoms with Crippen molar-refractivity contribution in [1.82, 2.24) is 4.90 Å². The molecule has 0 aromatic heterocycles. The summed E-state index contributed by atoms with van der Waals surface area (Å²) >= 11 is 0. The molecule has 4 heteroatoms. The average Bonchev–Trinajstić information content (AvgIpc) is 2.97. The first-order chi connectivity index (χ1) is 7.25. The maximum atomic E-state index is 11.2. The Morgan fingerprint density at radius 1 is 1.50 bits per heavy atom. The van der Waals surface area contributed by atoms with Gasteiger partial charge < -0.3 is 16.4 Å². The number of nitrogens with two attached hydrogens (primary N) is 2. The first-order valence-corrected chi connectivity index (χ1v) is 6.06. The number of hydrogen-bond donors (Lipinski definition) is 2. The molecule has 0 heterocycles. The first-order valence-electron chi connectivity index (χ1n) is 6.06. The molecule has 1 amide bonds. The molecule has 4 nitrogen and oxygen atoms in total. The van der Waals surface area contributed by atoms with Crippen LogP contribution in [0.15, 0.2) is 0 Å². The Bertz CT molecular complexity index is 261. The van der Waals surface area contributed by atoms with Gasteiger partial charge in [0.25, 0.3) is 0 Å². The Morgan fingerprint density at radius 3 is 2.38 bits per heavy atom. The first kappa shape index (κ1) is 13.5. The minimum atomic E-state index is -0.906.